The van der Waals surface area contributed by atoms with Gasteiger partial charge in [-0.1, -0.05) is 20.8 Å². The van der Waals surface area contributed by atoms with E-state index in [0.717, 1.165) is 0 Å². The molecule has 0 radical (unpaired) electrons. The van der Waals surface area contributed by atoms with Crippen molar-refractivity contribution in [3.05, 3.63) is 0 Å². The minimum atomic E-state index is -1.41. The maximum atomic E-state index is 12.6. The number of nitrogens with one attached hydrogen (secondary N) is 4. The molecular weight excluding hydrogens is 424 g/mol. The first-order valence-electron chi connectivity index (χ1n) is 10.6. The molecule has 5 atom stereocenters. The highest BCUT2D eigenvalue weighted by molar-refractivity contribution is 5.94. The number of aliphatic hydroxyl groups is 1. The molecule has 0 aliphatic carbocycles. The van der Waals surface area contributed by atoms with E-state index in [1.165, 1.54) is 13.8 Å². The number of hydrogen-bond acceptors (Lipinski definition) is 7. The van der Waals surface area contributed by atoms with Crippen LogP contribution in [0.3, 0.4) is 0 Å². The summed E-state index contributed by atoms with van der Waals surface area (Å²) in [5.74, 6) is -4.93. The van der Waals surface area contributed by atoms with Gasteiger partial charge in [0.25, 0.3) is 0 Å². The molecule has 0 bridgehead atoms. The largest absolute Gasteiger partial charge is 0.481 e. The summed E-state index contributed by atoms with van der Waals surface area (Å²) in [6, 6.07) is -4.58. The van der Waals surface area contributed by atoms with Crippen LogP contribution in [0.2, 0.25) is 0 Å². The number of carbonyl (C=O) groups excluding carboxylic acids is 3. The normalized spacial score (nSPS) is 15.7. The Balaban J connectivity index is 5.18. The van der Waals surface area contributed by atoms with Crippen LogP contribution < -0.4 is 21.3 Å². The molecule has 0 rings (SSSR count). The highest BCUT2D eigenvalue weighted by Crippen LogP contribution is 2.04. The molecule has 7 N–H and O–H groups in total. The van der Waals surface area contributed by atoms with Crippen molar-refractivity contribution in [3.8, 4) is 0 Å². The van der Waals surface area contributed by atoms with E-state index in [4.69, 9.17) is 5.11 Å². The average Bonchev–Trinajstić information content (AvgIpc) is 2.68. The summed E-state index contributed by atoms with van der Waals surface area (Å²) in [5.41, 5.74) is 0. The molecule has 0 saturated heterocycles. The number of aliphatic carboxylic acids is 2. The monoisotopic (exact) mass is 460 g/mol. The zero-order valence-corrected chi connectivity index (χ0v) is 19.2. The van der Waals surface area contributed by atoms with Gasteiger partial charge in [0.05, 0.1) is 12.1 Å². The van der Waals surface area contributed by atoms with Gasteiger partial charge in [0.15, 0.2) is 0 Å². The summed E-state index contributed by atoms with van der Waals surface area (Å²) in [6.07, 6.45) is -0.904. The van der Waals surface area contributed by atoms with E-state index in [-0.39, 0.29) is 18.8 Å². The summed E-state index contributed by atoms with van der Waals surface area (Å²) in [4.78, 5) is 59.6. The van der Waals surface area contributed by atoms with Crippen molar-refractivity contribution in [2.24, 2.45) is 5.92 Å². The number of carboxylic acid groups (broad SMARTS) is 2. The minimum Gasteiger partial charge on any atom is -0.481 e. The molecule has 12 heteroatoms. The molecule has 3 amide bonds. The summed E-state index contributed by atoms with van der Waals surface area (Å²) in [7, 11) is 0. The van der Waals surface area contributed by atoms with Crippen molar-refractivity contribution < 1.29 is 39.3 Å². The van der Waals surface area contributed by atoms with E-state index >= 15 is 0 Å². The Kier molecular flexibility index (Phi) is 13.1. The van der Waals surface area contributed by atoms with Gasteiger partial charge in [-0.15, -0.1) is 0 Å². The van der Waals surface area contributed by atoms with Crippen LogP contribution in [0.25, 0.3) is 0 Å². The third-order valence-electron chi connectivity index (χ3n) is 4.65. The highest BCUT2D eigenvalue weighted by atomic mass is 16.4. The number of hydrogen-bond donors (Lipinski definition) is 7. The van der Waals surface area contributed by atoms with Gasteiger partial charge in [-0.2, -0.15) is 0 Å². The number of carbonyl (C=O) groups is 5. The molecule has 5 unspecified atom stereocenters. The minimum absolute atomic E-state index is 0.0140. The summed E-state index contributed by atoms with van der Waals surface area (Å²) in [5, 5.41) is 38.0. The first kappa shape index (κ1) is 29.3. The van der Waals surface area contributed by atoms with Gasteiger partial charge in [-0.05, 0) is 39.2 Å². The predicted octanol–water partition coefficient (Wildman–Crippen LogP) is -1.18. The second-order valence-corrected chi connectivity index (χ2v) is 7.96. The van der Waals surface area contributed by atoms with Gasteiger partial charge in [-0.25, -0.2) is 4.79 Å². The molecule has 0 aromatic heterocycles. The van der Waals surface area contributed by atoms with Gasteiger partial charge >= 0.3 is 11.9 Å². The van der Waals surface area contributed by atoms with Crippen molar-refractivity contribution in [2.75, 3.05) is 6.54 Å². The fraction of sp³-hybridized carbons (Fsp3) is 0.750. The lowest BCUT2D eigenvalue weighted by atomic mass is 10.0. The Hall–Kier alpha value is -2.73. The fourth-order valence-electron chi connectivity index (χ4n) is 2.73. The van der Waals surface area contributed by atoms with E-state index in [1.54, 1.807) is 13.8 Å². The standard InChI is InChI=1S/C20H36N4O8/c1-6-9-21-13(7-8-14(26)27)18(29)24-16(12(5)25)19(30)22-11(4)17(28)23-15(10(2)3)20(31)32/h10-13,15-16,21,25H,6-9H2,1-5H3,(H,22,30)(H,23,28)(H,24,29)(H,26,27)(H,31,32). The molecule has 12 nitrogen and oxygen atoms in total. The van der Waals surface area contributed by atoms with Crippen molar-refractivity contribution in [1.82, 2.24) is 21.3 Å². The molecule has 0 spiro atoms. The topological polar surface area (TPSA) is 194 Å². The van der Waals surface area contributed by atoms with Crippen LogP contribution in [0.15, 0.2) is 0 Å². The highest BCUT2D eigenvalue weighted by Gasteiger charge is 2.32. The molecule has 0 aromatic rings. The zero-order chi connectivity index (χ0) is 25.0. The van der Waals surface area contributed by atoms with Crippen LogP contribution in [-0.2, 0) is 24.0 Å². The number of aliphatic hydroxyl groups excluding tert-OH is 1. The Morgan fingerprint density at radius 2 is 1.38 bits per heavy atom. The quantitative estimate of drug-likeness (QED) is 0.157. The number of rotatable bonds is 15. The Morgan fingerprint density at radius 1 is 0.812 bits per heavy atom. The number of amides is 3. The second kappa shape index (κ2) is 14.4. The SMILES string of the molecule is CCCNC(CCC(=O)O)C(=O)NC(C(=O)NC(C)C(=O)NC(C(=O)O)C(C)C)C(C)O. The van der Waals surface area contributed by atoms with Crippen molar-refractivity contribution in [1.29, 1.82) is 0 Å². The molecule has 0 heterocycles. The van der Waals surface area contributed by atoms with Crippen molar-refractivity contribution >= 4 is 29.7 Å². The molecule has 0 aliphatic heterocycles. The smallest absolute Gasteiger partial charge is 0.326 e. The third kappa shape index (κ3) is 10.5. The fourth-order valence-corrected chi connectivity index (χ4v) is 2.73. The van der Waals surface area contributed by atoms with Gasteiger partial charge in [0, 0.05) is 6.42 Å². The van der Waals surface area contributed by atoms with Crippen LogP contribution in [0, 0.1) is 5.92 Å². The molecule has 0 aliphatic rings. The predicted molar refractivity (Wildman–Crippen MR) is 115 cm³/mol. The lowest BCUT2D eigenvalue weighted by Crippen LogP contribution is -2.59. The van der Waals surface area contributed by atoms with Crippen molar-refractivity contribution in [2.45, 2.75) is 84.2 Å². The van der Waals surface area contributed by atoms with Gasteiger partial charge in [0.1, 0.15) is 18.1 Å². The zero-order valence-electron chi connectivity index (χ0n) is 19.2. The van der Waals surface area contributed by atoms with E-state index in [2.05, 4.69) is 21.3 Å². The van der Waals surface area contributed by atoms with Gasteiger partial charge in [-0.3, -0.25) is 19.2 Å². The average molecular weight is 461 g/mol. The van der Waals surface area contributed by atoms with Gasteiger partial charge < -0.3 is 36.6 Å². The van der Waals surface area contributed by atoms with Crippen LogP contribution in [0.1, 0.15) is 53.9 Å². The van der Waals surface area contributed by atoms with Crippen LogP contribution in [0.5, 0.6) is 0 Å². The van der Waals surface area contributed by atoms with Crippen LogP contribution in [-0.4, -0.2) is 81.8 Å². The lowest BCUT2D eigenvalue weighted by molar-refractivity contribution is -0.143. The van der Waals surface area contributed by atoms with E-state index in [0.29, 0.717) is 13.0 Å². The molecule has 0 aromatic carbocycles. The maximum absolute atomic E-state index is 12.6. The first-order valence-corrected chi connectivity index (χ1v) is 10.6. The molecule has 184 valence electrons. The van der Waals surface area contributed by atoms with Crippen LogP contribution in [0.4, 0.5) is 0 Å². The first-order chi connectivity index (χ1) is 14.8. The molecule has 32 heavy (non-hydrogen) atoms. The molecular formula is C20H36N4O8. The third-order valence-corrected chi connectivity index (χ3v) is 4.65. The lowest BCUT2D eigenvalue weighted by Gasteiger charge is -2.26. The van der Waals surface area contributed by atoms with Crippen LogP contribution >= 0.6 is 0 Å². The van der Waals surface area contributed by atoms with E-state index in [1.807, 2.05) is 6.92 Å². The Bertz CT molecular complexity index is 668. The molecule has 0 fully saturated rings. The summed E-state index contributed by atoms with van der Waals surface area (Å²) >= 11 is 0. The Labute approximate surface area is 187 Å². The maximum Gasteiger partial charge on any atom is 0.326 e. The molecule has 0 saturated carbocycles. The van der Waals surface area contributed by atoms with Gasteiger partial charge in [0.2, 0.25) is 17.7 Å². The Morgan fingerprint density at radius 3 is 1.81 bits per heavy atom. The summed E-state index contributed by atoms with van der Waals surface area (Å²) < 4.78 is 0. The summed E-state index contributed by atoms with van der Waals surface area (Å²) in [6.45, 7) is 8.17. The number of carboxylic acids is 2. The van der Waals surface area contributed by atoms with E-state index in [9.17, 15) is 34.2 Å². The van der Waals surface area contributed by atoms with E-state index < -0.39 is 59.9 Å². The van der Waals surface area contributed by atoms with Crippen molar-refractivity contribution in [3.63, 3.8) is 0 Å². The second-order valence-electron chi connectivity index (χ2n) is 7.96.